The monoisotopic (exact) mass is 258 g/mol. The molecule has 19 heavy (non-hydrogen) atoms. The van der Waals surface area contributed by atoms with Gasteiger partial charge in [-0.25, -0.2) is 9.78 Å². The number of nitrogens with zero attached hydrogens (tertiary/aromatic N) is 2. The molecule has 0 fully saturated rings. The van der Waals surface area contributed by atoms with Crippen molar-refractivity contribution in [2.45, 2.75) is 12.8 Å². The molecule has 0 saturated carbocycles. The van der Waals surface area contributed by atoms with Crippen LogP contribution < -0.4 is 5.56 Å². The highest BCUT2D eigenvalue weighted by molar-refractivity contribution is 5.88. The quantitative estimate of drug-likeness (QED) is 0.896. The Morgan fingerprint density at radius 1 is 1.26 bits per heavy atom. The largest absolute Gasteiger partial charge is 0.477 e. The van der Waals surface area contributed by atoms with Crippen LogP contribution in [0.1, 0.15) is 21.6 Å². The van der Waals surface area contributed by atoms with Crippen molar-refractivity contribution in [1.82, 2.24) is 9.55 Å². The highest BCUT2D eigenvalue weighted by Crippen LogP contribution is 2.07. The van der Waals surface area contributed by atoms with Gasteiger partial charge < -0.3 is 9.67 Å². The van der Waals surface area contributed by atoms with Gasteiger partial charge >= 0.3 is 5.97 Å². The Balaban J connectivity index is 2.28. The standard InChI is InChI=1S/C14H14N2O3/c1-16-9-15-11(12(13(16)17)14(18)19)8-7-10-5-3-2-4-6-10/h2-6,9H,7-8H2,1H3,(H,18,19). The molecule has 1 aromatic heterocycles. The molecule has 0 atom stereocenters. The lowest BCUT2D eigenvalue weighted by Crippen LogP contribution is -2.27. The van der Waals surface area contributed by atoms with E-state index in [0.717, 1.165) is 5.56 Å². The molecule has 5 heteroatoms. The Kier molecular flexibility index (Phi) is 3.75. The highest BCUT2D eigenvalue weighted by Gasteiger charge is 2.17. The molecule has 98 valence electrons. The van der Waals surface area contributed by atoms with Gasteiger partial charge in [0, 0.05) is 7.05 Å². The fourth-order valence-electron chi connectivity index (χ4n) is 1.88. The van der Waals surface area contributed by atoms with Crippen molar-refractivity contribution in [2.24, 2.45) is 7.05 Å². The number of carboxylic acid groups (broad SMARTS) is 1. The Morgan fingerprint density at radius 2 is 1.95 bits per heavy atom. The van der Waals surface area contributed by atoms with Crippen LogP contribution in [0.25, 0.3) is 0 Å². The minimum atomic E-state index is -1.23. The maximum Gasteiger partial charge on any atom is 0.343 e. The lowest BCUT2D eigenvalue weighted by Gasteiger charge is -2.06. The number of hydrogen-bond acceptors (Lipinski definition) is 3. The minimum absolute atomic E-state index is 0.235. The Hall–Kier alpha value is -2.43. The molecule has 0 aliphatic rings. The van der Waals surface area contributed by atoms with Gasteiger partial charge in [0.2, 0.25) is 0 Å². The summed E-state index contributed by atoms with van der Waals surface area (Å²) in [4.78, 5) is 27.0. The third-order valence-corrected chi connectivity index (χ3v) is 2.92. The van der Waals surface area contributed by atoms with Gasteiger partial charge in [-0.05, 0) is 18.4 Å². The maximum absolute atomic E-state index is 11.8. The van der Waals surface area contributed by atoms with Crippen LogP contribution in [0.4, 0.5) is 0 Å². The summed E-state index contributed by atoms with van der Waals surface area (Å²) in [5.74, 6) is -1.23. The van der Waals surface area contributed by atoms with Crippen LogP contribution in [0.3, 0.4) is 0 Å². The van der Waals surface area contributed by atoms with Crippen molar-refractivity contribution in [3.63, 3.8) is 0 Å². The molecule has 0 unspecified atom stereocenters. The molecule has 1 aromatic carbocycles. The van der Waals surface area contributed by atoms with Crippen LogP contribution >= 0.6 is 0 Å². The van der Waals surface area contributed by atoms with Gasteiger partial charge in [-0.1, -0.05) is 30.3 Å². The molecule has 2 aromatic rings. The van der Waals surface area contributed by atoms with E-state index in [-0.39, 0.29) is 5.56 Å². The van der Waals surface area contributed by atoms with Crippen molar-refractivity contribution < 1.29 is 9.90 Å². The van der Waals surface area contributed by atoms with Gasteiger partial charge in [-0.2, -0.15) is 0 Å². The summed E-state index contributed by atoms with van der Waals surface area (Å²) in [6, 6.07) is 9.68. The molecule has 2 rings (SSSR count). The Labute approximate surface area is 110 Å². The van der Waals surface area contributed by atoms with Gasteiger partial charge in [0.25, 0.3) is 5.56 Å². The summed E-state index contributed by atoms with van der Waals surface area (Å²) in [6.45, 7) is 0. The molecular formula is C14H14N2O3. The Morgan fingerprint density at radius 3 is 2.58 bits per heavy atom. The predicted octanol–water partition coefficient (Wildman–Crippen LogP) is 1.26. The fraction of sp³-hybridized carbons (Fsp3) is 0.214. The molecule has 0 radical (unpaired) electrons. The second kappa shape index (κ2) is 5.48. The second-order valence-corrected chi connectivity index (χ2v) is 4.27. The first kappa shape index (κ1) is 13.0. The average molecular weight is 258 g/mol. The van der Waals surface area contributed by atoms with Crippen LogP contribution in [0.15, 0.2) is 41.5 Å². The predicted molar refractivity (Wildman–Crippen MR) is 70.3 cm³/mol. The molecule has 5 nitrogen and oxygen atoms in total. The smallest absolute Gasteiger partial charge is 0.343 e. The van der Waals surface area contributed by atoms with E-state index in [9.17, 15) is 9.59 Å². The summed E-state index contributed by atoms with van der Waals surface area (Å²) in [5, 5.41) is 9.11. The van der Waals surface area contributed by atoms with Crippen molar-refractivity contribution in [2.75, 3.05) is 0 Å². The van der Waals surface area contributed by atoms with Crippen molar-refractivity contribution in [3.8, 4) is 0 Å². The summed E-state index contributed by atoms with van der Waals surface area (Å²) >= 11 is 0. The number of benzene rings is 1. The lowest BCUT2D eigenvalue weighted by atomic mass is 10.1. The highest BCUT2D eigenvalue weighted by atomic mass is 16.4. The number of carboxylic acids is 1. The number of carbonyl (C=O) groups is 1. The molecule has 0 amide bonds. The van der Waals surface area contributed by atoms with Crippen LogP contribution in [-0.2, 0) is 19.9 Å². The van der Waals surface area contributed by atoms with Crippen LogP contribution in [0, 0.1) is 0 Å². The third-order valence-electron chi connectivity index (χ3n) is 2.92. The molecular weight excluding hydrogens is 244 g/mol. The van der Waals surface area contributed by atoms with E-state index < -0.39 is 11.5 Å². The van der Waals surface area contributed by atoms with Crippen LogP contribution in [0.5, 0.6) is 0 Å². The third kappa shape index (κ3) is 2.88. The number of rotatable bonds is 4. The topological polar surface area (TPSA) is 72.2 Å². The molecule has 0 aliphatic carbocycles. The van der Waals surface area contributed by atoms with Gasteiger partial charge in [0.1, 0.15) is 5.56 Å². The van der Waals surface area contributed by atoms with E-state index >= 15 is 0 Å². The van der Waals surface area contributed by atoms with E-state index in [1.165, 1.54) is 17.9 Å². The van der Waals surface area contributed by atoms with E-state index in [1.807, 2.05) is 30.3 Å². The van der Waals surface area contributed by atoms with Crippen LogP contribution in [-0.4, -0.2) is 20.6 Å². The summed E-state index contributed by atoms with van der Waals surface area (Å²) in [6.07, 6.45) is 2.44. The number of aryl methyl sites for hydroxylation is 3. The molecule has 0 aliphatic heterocycles. The van der Waals surface area contributed by atoms with Gasteiger partial charge in [0.05, 0.1) is 12.0 Å². The normalized spacial score (nSPS) is 10.4. The Bertz CT molecular complexity index is 647. The zero-order valence-corrected chi connectivity index (χ0v) is 10.5. The molecule has 0 bridgehead atoms. The van der Waals surface area contributed by atoms with Crippen LogP contribution in [0.2, 0.25) is 0 Å². The number of hydrogen-bond donors (Lipinski definition) is 1. The molecule has 0 spiro atoms. The first-order valence-corrected chi connectivity index (χ1v) is 5.91. The minimum Gasteiger partial charge on any atom is -0.477 e. The summed E-state index contributed by atoms with van der Waals surface area (Å²) < 4.78 is 1.18. The SMILES string of the molecule is Cn1cnc(CCc2ccccc2)c(C(=O)O)c1=O. The summed E-state index contributed by atoms with van der Waals surface area (Å²) in [5.41, 5.74) is 0.660. The first-order chi connectivity index (χ1) is 9.09. The molecule has 1 heterocycles. The van der Waals surface area contributed by atoms with E-state index in [1.54, 1.807) is 0 Å². The zero-order valence-electron chi connectivity index (χ0n) is 10.5. The number of aromatic nitrogens is 2. The second-order valence-electron chi connectivity index (χ2n) is 4.27. The molecule has 0 saturated heterocycles. The van der Waals surface area contributed by atoms with Crippen molar-refractivity contribution in [1.29, 1.82) is 0 Å². The summed E-state index contributed by atoms with van der Waals surface area (Å²) in [7, 11) is 1.49. The van der Waals surface area contributed by atoms with Crippen molar-refractivity contribution >= 4 is 5.97 Å². The van der Waals surface area contributed by atoms with Crippen molar-refractivity contribution in [3.05, 3.63) is 63.8 Å². The van der Waals surface area contributed by atoms with E-state index in [2.05, 4.69) is 4.98 Å². The number of aromatic carboxylic acids is 1. The molecule has 1 N–H and O–H groups in total. The van der Waals surface area contributed by atoms with E-state index in [0.29, 0.717) is 18.5 Å². The van der Waals surface area contributed by atoms with E-state index in [4.69, 9.17) is 5.11 Å². The zero-order chi connectivity index (χ0) is 13.8. The fourth-order valence-corrected chi connectivity index (χ4v) is 1.88. The van der Waals surface area contributed by atoms with Gasteiger partial charge in [0.15, 0.2) is 0 Å². The van der Waals surface area contributed by atoms with Gasteiger partial charge in [-0.3, -0.25) is 4.79 Å². The first-order valence-electron chi connectivity index (χ1n) is 5.91. The van der Waals surface area contributed by atoms with Gasteiger partial charge in [-0.15, -0.1) is 0 Å². The lowest BCUT2D eigenvalue weighted by molar-refractivity contribution is 0.0692. The maximum atomic E-state index is 11.8. The average Bonchev–Trinajstić information content (AvgIpc) is 2.41.